The van der Waals surface area contributed by atoms with Crippen LogP contribution in [0.1, 0.15) is 30.7 Å². The first-order valence-electron chi connectivity index (χ1n) is 7.97. The van der Waals surface area contributed by atoms with Gasteiger partial charge in [-0.25, -0.2) is 4.39 Å². The second kappa shape index (κ2) is 7.97. The van der Waals surface area contributed by atoms with Crippen LogP contribution in [-0.4, -0.2) is 49.8 Å². The van der Waals surface area contributed by atoms with Gasteiger partial charge in [-0.1, -0.05) is 12.1 Å². The van der Waals surface area contributed by atoms with E-state index in [0.717, 1.165) is 31.7 Å². The summed E-state index contributed by atoms with van der Waals surface area (Å²) in [6, 6.07) is 7.82. The summed E-state index contributed by atoms with van der Waals surface area (Å²) in [5.74, 6) is 1.40. The Hall–Kier alpha value is -1.33. The molecule has 0 saturated carbocycles. The first-order valence-corrected chi connectivity index (χ1v) is 7.97. The standard InChI is InChI=1S/C17H23FN2O2.ClH/c1-22-15-4-2-3-13(9-15)12-5-7-20(8-6-12)17(21)16-10-14(18)11-19-16;/h2-4,9,12,14,16,19H,5-8,10-11H2,1H3;1H/t14-,16+;/m0./s1. The summed E-state index contributed by atoms with van der Waals surface area (Å²) in [7, 11) is 1.67. The van der Waals surface area contributed by atoms with Crippen molar-refractivity contribution in [2.24, 2.45) is 0 Å². The number of hydrogen-bond acceptors (Lipinski definition) is 3. The molecule has 2 heterocycles. The lowest BCUT2D eigenvalue weighted by molar-refractivity contribution is -0.134. The molecule has 4 nitrogen and oxygen atoms in total. The van der Waals surface area contributed by atoms with Crippen LogP contribution < -0.4 is 10.1 Å². The number of alkyl halides is 1. The van der Waals surface area contributed by atoms with Gasteiger partial charge in [0.15, 0.2) is 0 Å². The molecule has 1 amide bonds. The van der Waals surface area contributed by atoms with Crippen LogP contribution in [0.3, 0.4) is 0 Å². The Kier molecular flexibility index (Phi) is 6.25. The number of halogens is 2. The largest absolute Gasteiger partial charge is 0.497 e. The second-order valence-electron chi connectivity index (χ2n) is 6.17. The van der Waals surface area contributed by atoms with Gasteiger partial charge in [0.05, 0.1) is 13.2 Å². The summed E-state index contributed by atoms with van der Waals surface area (Å²) in [6.45, 7) is 1.79. The van der Waals surface area contributed by atoms with Gasteiger partial charge < -0.3 is 15.0 Å². The lowest BCUT2D eigenvalue weighted by Gasteiger charge is -2.33. The van der Waals surface area contributed by atoms with Gasteiger partial charge in [-0.2, -0.15) is 0 Å². The monoisotopic (exact) mass is 342 g/mol. The number of methoxy groups -OCH3 is 1. The highest BCUT2D eigenvalue weighted by molar-refractivity contribution is 5.85. The van der Waals surface area contributed by atoms with E-state index in [0.29, 0.717) is 18.9 Å². The average molecular weight is 343 g/mol. The first-order chi connectivity index (χ1) is 10.7. The molecular formula is C17H24ClFN2O2. The van der Waals surface area contributed by atoms with E-state index in [1.54, 1.807) is 7.11 Å². The zero-order valence-corrected chi connectivity index (χ0v) is 14.2. The molecule has 0 radical (unpaired) electrons. The number of piperidine rings is 1. The third kappa shape index (κ3) is 4.15. The number of benzene rings is 1. The highest BCUT2D eigenvalue weighted by Gasteiger charge is 2.33. The van der Waals surface area contributed by atoms with Crippen LogP contribution >= 0.6 is 12.4 Å². The highest BCUT2D eigenvalue weighted by atomic mass is 35.5. The second-order valence-corrected chi connectivity index (χ2v) is 6.17. The third-order valence-electron chi connectivity index (χ3n) is 4.75. The van der Waals surface area contributed by atoms with Crippen LogP contribution in [-0.2, 0) is 4.79 Å². The molecule has 0 unspecified atom stereocenters. The zero-order chi connectivity index (χ0) is 15.5. The summed E-state index contributed by atoms with van der Waals surface area (Å²) in [6.07, 6.45) is 1.33. The molecule has 2 atom stereocenters. The van der Waals surface area contributed by atoms with Gasteiger partial charge in [0.2, 0.25) is 5.91 Å². The van der Waals surface area contributed by atoms with Crippen LogP contribution in [0.5, 0.6) is 5.75 Å². The molecule has 0 bridgehead atoms. The Balaban J connectivity index is 0.00000192. The normalized spacial score (nSPS) is 25.0. The van der Waals surface area contributed by atoms with Crippen molar-refractivity contribution in [1.29, 1.82) is 0 Å². The number of ether oxygens (including phenoxy) is 1. The molecule has 2 aliphatic rings. The molecule has 0 aromatic heterocycles. The van der Waals surface area contributed by atoms with Crippen LogP contribution in [0.25, 0.3) is 0 Å². The zero-order valence-electron chi connectivity index (χ0n) is 13.3. The van der Waals surface area contributed by atoms with Crippen molar-refractivity contribution < 1.29 is 13.9 Å². The number of nitrogens with one attached hydrogen (secondary N) is 1. The van der Waals surface area contributed by atoms with Crippen molar-refractivity contribution in [1.82, 2.24) is 10.2 Å². The Morgan fingerprint density at radius 3 is 2.70 bits per heavy atom. The molecular weight excluding hydrogens is 319 g/mol. The fraction of sp³-hybridized carbons (Fsp3) is 0.588. The minimum absolute atomic E-state index is 0. The molecule has 0 spiro atoms. The topological polar surface area (TPSA) is 41.6 Å². The molecule has 2 aliphatic heterocycles. The fourth-order valence-electron chi connectivity index (χ4n) is 3.43. The molecule has 6 heteroatoms. The number of nitrogens with zero attached hydrogens (tertiary/aromatic N) is 1. The molecule has 1 aromatic carbocycles. The van der Waals surface area contributed by atoms with E-state index in [9.17, 15) is 9.18 Å². The third-order valence-corrected chi connectivity index (χ3v) is 4.75. The Morgan fingerprint density at radius 1 is 1.35 bits per heavy atom. The molecule has 2 fully saturated rings. The first kappa shape index (κ1) is 18.0. The molecule has 128 valence electrons. The predicted molar refractivity (Wildman–Crippen MR) is 90.1 cm³/mol. The average Bonchev–Trinajstić information content (AvgIpc) is 3.01. The molecule has 23 heavy (non-hydrogen) atoms. The number of carbonyl (C=O) groups is 1. The predicted octanol–water partition coefficient (Wildman–Crippen LogP) is 2.52. The molecule has 1 aromatic rings. The van der Waals surface area contributed by atoms with Gasteiger partial charge in [-0.05, 0) is 36.5 Å². The van der Waals surface area contributed by atoms with Crippen LogP contribution in [0.4, 0.5) is 4.39 Å². The van der Waals surface area contributed by atoms with Gasteiger partial charge >= 0.3 is 0 Å². The van der Waals surface area contributed by atoms with Gasteiger partial charge in [0.25, 0.3) is 0 Å². The van der Waals surface area contributed by atoms with E-state index < -0.39 is 6.17 Å². The molecule has 0 aliphatic carbocycles. The fourth-order valence-corrected chi connectivity index (χ4v) is 3.43. The van der Waals surface area contributed by atoms with Gasteiger partial charge in [0, 0.05) is 26.1 Å². The maximum absolute atomic E-state index is 13.2. The van der Waals surface area contributed by atoms with Crippen molar-refractivity contribution in [3.05, 3.63) is 29.8 Å². The quantitative estimate of drug-likeness (QED) is 0.917. The van der Waals surface area contributed by atoms with Gasteiger partial charge in [0.1, 0.15) is 11.9 Å². The van der Waals surface area contributed by atoms with Crippen LogP contribution in [0.15, 0.2) is 24.3 Å². The Morgan fingerprint density at radius 2 is 2.09 bits per heavy atom. The summed E-state index contributed by atoms with van der Waals surface area (Å²) in [4.78, 5) is 14.2. The Labute approximate surface area is 142 Å². The van der Waals surface area contributed by atoms with E-state index in [4.69, 9.17) is 4.74 Å². The molecule has 1 N–H and O–H groups in total. The highest BCUT2D eigenvalue weighted by Crippen LogP contribution is 2.30. The number of hydrogen-bond donors (Lipinski definition) is 1. The summed E-state index contributed by atoms with van der Waals surface area (Å²) < 4.78 is 18.5. The SMILES string of the molecule is COc1cccc(C2CCN(C(=O)[C@H]3C[C@H](F)CN3)CC2)c1.Cl. The van der Waals surface area contributed by atoms with E-state index in [2.05, 4.69) is 17.4 Å². The molecule has 2 saturated heterocycles. The lowest BCUT2D eigenvalue weighted by atomic mass is 9.89. The molecule has 3 rings (SSSR count). The lowest BCUT2D eigenvalue weighted by Crippen LogP contribution is -2.46. The number of rotatable bonds is 3. The van der Waals surface area contributed by atoms with Crippen molar-refractivity contribution >= 4 is 18.3 Å². The minimum Gasteiger partial charge on any atom is -0.497 e. The van der Waals surface area contributed by atoms with Crippen molar-refractivity contribution in [3.63, 3.8) is 0 Å². The maximum atomic E-state index is 13.2. The number of amides is 1. The minimum atomic E-state index is -0.886. The summed E-state index contributed by atoms with van der Waals surface area (Å²) in [5.41, 5.74) is 1.27. The van der Waals surface area contributed by atoms with Crippen LogP contribution in [0.2, 0.25) is 0 Å². The van der Waals surface area contributed by atoms with Crippen molar-refractivity contribution in [2.45, 2.75) is 37.4 Å². The maximum Gasteiger partial charge on any atom is 0.239 e. The van der Waals surface area contributed by atoms with Crippen molar-refractivity contribution in [3.8, 4) is 5.75 Å². The van der Waals surface area contributed by atoms with Crippen LogP contribution in [0, 0.1) is 0 Å². The van der Waals surface area contributed by atoms with Crippen molar-refractivity contribution in [2.75, 3.05) is 26.7 Å². The number of likely N-dealkylation sites (tertiary alicyclic amines) is 1. The smallest absolute Gasteiger partial charge is 0.239 e. The van der Waals surface area contributed by atoms with E-state index in [1.165, 1.54) is 5.56 Å². The van der Waals surface area contributed by atoms with Gasteiger partial charge in [-0.15, -0.1) is 12.4 Å². The summed E-state index contributed by atoms with van der Waals surface area (Å²) in [5, 5.41) is 2.98. The summed E-state index contributed by atoms with van der Waals surface area (Å²) >= 11 is 0. The Bertz CT molecular complexity index is 535. The van der Waals surface area contributed by atoms with E-state index in [1.807, 2.05) is 17.0 Å². The number of carbonyl (C=O) groups excluding carboxylic acids is 1. The van der Waals surface area contributed by atoms with E-state index >= 15 is 0 Å². The van der Waals surface area contributed by atoms with Gasteiger partial charge in [-0.3, -0.25) is 4.79 Å². The van der Waals surface area contributed by atoms with E-state index in [-0.39, 0.29) is 24.4 Å².